The average molecular weight is 238 g/mol. The third-order valence-electron chi connectivity index (χ3n) is 3.54. The van der Waals surface area contributed by atoms with Crippen molar-refractivity contribution in [2.24, 2.45) is 0 Å². The maximum absolute atomic E-state index is 11.9. The first-order chi connectivity index (χ1) is 8.04. The van der Waals surface area contributed by atoms with Crippen LogP contribution in [0, 0.1) is 6.92 Å². The van der Waals surface area contributed by atoms with Crippen molar-refractivity contribution in [1.29, 1.82) is 0 Å². The third-order valence-corrected chi connectivity index (χ3v) is 3.54. The maximum atomic E-state index is 11.9. The maximum Gasteiger partial charge on any atom is 0.254 e. The molecule has 0 saturated carbocycles. The number of H-pyrrole nitrogens is 1. The van der Waals surface area contributed by atoms with E-state index in [4.69, 9.17) is 4.74 Å². The fourth-order valence-corrected chi connectivity index (χ4v) is 2.21. The van der Waals surface area contributed by atoms with E-state index in [9.17, 15) is 4.79 Å². The van der Waals surface area contributed by atoms with Gasteiger partial charge in [-0.05, 0) is 26.2 Å². The van der Waals surface area contributed by atoms with Crippen molar-refractivity contribution >= 4 is 0 Å². The zero-order chi connectivity index (χ0) is 13.1. The first-order valence-electron chi connectivity index (χ1n) is 6.20. The minimum atomic E-state index is -0.476. The van der Waals surface area contributed by atoms with Crippen LogP contribution < -0.4 is 5.56 Å². The Bertz CT molecular complexity index is 425. The number of rotatable bonds is 5. The molecule has 0 unspecified atom stereocenters. The van der Waals surface area contributed by atoms with Crippen LogP contribution in [0.2, 0.25) is 0 Å². The molecule has 0 amide bonds. The standard InChI is InChI=1S/C13H22N2O2/c1-6-10-9(4)14-12(15-11(10)16)13(7-2,8-3)17-5/h6-8H2,1-5H3,(H,14,15,16). The summed E-state index contributed by atoms with van der Waals surface area (Å²) in [5.74, 6) is 0.643. The number of aromatic amines is 1. The molecule has 17 heavy (non-hydrogen) atoms. The van der Waals surface area contributed by atoms with E-state index in [1.165, 1.54) is 0 Å². The summed E-state index contributed by atoms with van der Waals surface area (Å²) in [6, 6.07) is 0. The lowest BCUT2D eigenvalue weighted by Gasteiger charge is -2.29. The molecular formula is C13H22N2O2. The van der Waals surface area contributed by atoms with Gasteiger partial charge in [0.05, 0.1) is 0 Å². The van der Waals surface area contributed by atoms with Crippen molar-refractivity contribution in [3.8, 4) is 0 Å². The number of hydrogen-bond donors (Lipinski definition) is 1. The SMILES string of the molecule is CCc1c(C)nc(C(CC)(CC)OC)[nH]c1=O. The molecule has 0 aromatic carbocycles. The summed E-state index contributed by atoms with van der Waals surface area (Å²) < 4.78 is 5.57. The second-order valence-corrected chi connectivity index (χ2v) is 4.24. The molecule has 1 heterocycles. The van der Waals surface area contributed by atoms with E-state index in [1.54, 1.807) is 7.11 Å². The van der Waals surface area contributed by atoms with Crippen molar-refractivity contribution in [2.75, 3.05) is 7.11 Å². The molecule has 0 aliphatic carbocycles. The quantitative estimate of drug-likeness (QED) is 0.856. The van der Waals surface area contributed by atoms with Gasteiger partial charge in [0.2, 0.25) is 0 Å². The number of ether oxygens (including phenoxy) is 1. The van der Waals surface area contributed by atoms with E-state index in [0.717, 1.165) is 24.1 Å². The molecule has 4 heteroatoms. The molecule has 96 valence electrons. The molecule has 1 aromatic heterocycles. The molecule has 0 radical (unpaired) electrons. The van der Waals surface area contributed by atoms with Gasteiger partial charge >= 0.3 is 0 Å². The lowest BCUT2D eigenvalue weighted by atomic mass is 9.95. The second-order valence-electron chi connectivity index (χ2n) is 4.24. The predicted octanol–water partition coefficient (Wildman–Crippen LogP) is 2.30. The summed E-state index contributed by atoms with van der Waals surface area (Å²) in [6.07, 6.45) is 2.27. The Hall–Kier alpha value is -1.16. The van der Waals surface area contributed by atoms with Gasteiger partial charge in [-0.25, -0.2) is 4.98 Å². The Morgan fingerprint density at radius 2 is 1.88 bits per heavy atom. The van der Waals surface area contributed by atoms with Crippen LogP contribution in [0.5, 0.6) is 0 Å². The summed E-state index contributed by atoms with van der Waals surface area (Å²) in [5, 5.41) is 0. The molecule has 0 spiro atoms. The van der Waals surface area contributed by atoms with Crippen LogP contribution in [0.3, 0.4) is 0 Å². The van der Waals surface area contributed by atoms with Gasteiger partial charge in [-0.3, -0.25) is 4.79 Å². The molecule has 0 atom stereocenters. The van der Waals surface area contributed by atoms with E-state index in [1.807, 2.05) is 27.7 Å². The van der Waals surface area contributed by atoms with Crippen LogP contribution in [-0.4, -0.2) is 17.1 Å². The van der Waals surface area contributed by atoms with Crippen LogP contribution in [0.15, 0.2) is 4.79 Å². The molecule has 1 N–H and O–H groups in total. The number of aromatic nitrogens is 2. The average Bonchev–Trinajstić information content (AvgIpc) is 2.32. The van der Waals surface area contributed by atoms with Crippen molar-refractivity contribution in [1.82, 2.24) is 9.97 Å². The van der Waals surface area contributed by atoms with Crippen molar-refractivity contribution in [3.63, 3.8) is 0 Å². The molecule has 0 aliphatic rings. The number of hydrogen-bond acceptors (Lipinski definition) is 3. The monoisotopic (exact) mass is 238 g/mol. The minimum absolute atomic E-state index is 0.0432. The van der Waals surface area contributed by atoms with Gasteiger partial charge in [0.15, 0.2) is 0 Å². The van der Waals surface area contributed by atoms with Crippen molar-refractivity contribution in [2.45, 2.75) is 52.6 Å². The molecular weight excluding hydrogens is 216 g/mol. The highest BCUT2D eigenvalue weighted by Gasteiger charge is 2.31. The van der Waals surface area contributed by atoms with Crippen molar-refractivity contribution in [3.05, 3.63) is 27.4 Å². The van der Waals surface area contributed by atoms with Crippen LogP contribution in [-0.2, 0) is 16.8 Å². The first kappa shape index (κ1) is 13.9. The Labute approximate surface area is 102 Å². The van der Waals surface area contributed by atoms with E-state index in [-0.39, 0.29) is 5.56 Å². The first-order valence-corrected chi connectivity index (χ1v) is 6.20. The summed E-state index contributed by atoms with van der Waals surface area (Å²) in [4.78, 5) is 19.3. The lowest BCUT2D eigenvalue weighted by Crippen LogP contribution is -2.33. The van der Waals surface area contributed by atoms with Gasteiger partial charge in [0.1, 0.15) is 11.4 Å². The predicted molar refractivity (Wildman–Crippen MR) is 68.2 cm³/mol. The second kappa shape index (κ2) is 5.45. The summed E-state index contributed by atoms with van der Waals surface area (Å²) in [6.45, 7) is 7.91. The molecule has 1 rings (SSSR count). The van der Waals surface area contributed by atoms with Gasteiger partial charge in [-0.1, -0.05) is 20.8 Å². The van der Waals surface area contributed by atoms with Gasteiger partial charge < -0.3 is 9.72 Å². The van der Waals surface area contributed by atoms with E-state index in [2.05, 4.69) is 9.97 Å². The summed E-state index contributed by atoms with van der Waals surface area (Å²) >= 11 is 0. The molecule has 0 saturated heterocycles. The molecule has 0 fully saturated rings. The fourth-order valence-electron chi connectivity index (χ4n) is 2.21. The largest absolute Gasteiger partial charge is 0.370 e. The number of methoxy groups -OCH3 is 1. The van der Waals surface area contributed by atoms with E-state index >= 15 is 0 Å². The molecule has 1 aromatic rings. The van der Waals surface area contributed by atoms with Crippen LogP contribution in [0.4, 0.5) is 0 Å². The Morgan fingerprint density at radius 1 is 1.29 bits per heavy atom. The third kappa shape index (κ3) is 2.41. The Balaban J connectivity index is 3.37. The van der Waals surface area contributed by atoms with Crippen molar-refractivity contribution < 1.29 is 4.74 Å². The van der Waals surface area contributed by atoms with Crippen LogP contribution in [0.25, 0.3) is 0 Å². The summed E-state index contributed by atoms with van der Waals surface area (Å²) in [5.41, 5.74) is 1.04. The topological polar surface area (TPSA) is 55.0 Å². The summed E-state index contributed by atoms with van der Waals surface area (Å²) in [7, 11) is 1.66. The zero-order valence-corrected chi connectivity index (χ0v) is 11.4. The fraction of sp³-hybridized carbons (Fsp3) is 0.692. The highest BCUT2D eigenvalue weighted by Crippen LogP contribution is 2.29. The number of aryl methyl sites for hydroxylation is 1. The number of nitrogens with one attached hydrogen (secondary N) is 1. The number of nitrogens with zero attached hydrogens (tertiary/aromatic N) is 1. The Morgan fingerprint density at radius 3 is 2.24 bits per heavy atom. The van der Waals surface area contributed by atoms with Gasteiger partial charge in [-0.2, -0.15) is 0 Å². The molecule has 0 aliphatic heterocycles. The molecule has 0 bridgehead atoms. The van der Waals surface area contributed by atoms with Gasteiger partial charge in [0.25, 0.3) is 5.56 Å². The van der Waals surface area contributed by atoms with Gasteiger partial charge in [0, 0.05) is 18.4 Å². The van der Waals surface area contributed by atoms with Gasteiger partial charge in [-0.15, -0.1) is 0 Å². The van der Waals surface area contributed by atoms with Crippen LogP contribution >= 0.6 is 0 Å². The highest BCUT2D eigenvalue weighted by molar-refractivity contribution is 5.18. The highest BCUT2D eigenvalue weighted by atomic mass is 16.5. The van der Waals surface area contributed by atoms with Crippen LogP contribution in [0.1, 0.15) is 50.7 Å². The smallest absolute Gasteiger partial charge is 0.254 e. The Kier molecular flexibility index (Phi) is 4.46. The molecule has 4 nitrogen and oxygen atoms in total. The lowest BCUT2D eigenvalue weighted by molar-refractivity contribution is -0.0295. The minimum Gasteiger partial charge on any atom is -0.370 e. The normalized spacial score (nSPS) is 11.8. The zero-order valence-electron chi connectivity index (χ0n) is 11.4. The van der Waals surface area contributed by atoms with E-state index < -0.39 is 5.60 Å². The van der Waals surface area contributed by atoms with E-state index in [0.29, 0.717) is 12.2 Å².